The summed E-state index contributed by atoms with van der Waals surface area (Å²) in [5.41, 5.74) is 1.58. The number of rotatable bonds is 7. The van der Waals surface area contributed by atoms with Gasteiger partial charge in [-0.2, -0.15) is 4.37 Å². The van der Waals surface area contributed by atoms with E-state index in [9.17, 15) is 9.90 Å². The standard InChI is InChI=1S/C13H16N4O3S/c1-9(18)16-11-4-2-10(3-5-11)14-6-12(19)8-20-13-7-15-21-17-13/h2-5,7,12,14,19H,6,8H2,1H3,(H,16,18). The molecule has 1 heterocycles. The molecule has 0 radical (unpaired) electrons. The van der Waals surface area contributed by atoms with Gasteiger partial charge in [0.1, 0.15) is 18.9 Å². The van der Waals surface area contributed by atoms with Crippen LogP contribution >= 0.6 is 11.7 Å². The average molecular weight is 308 g/mol. The van der Waals surface area contributed by atoms with Gasteiger partial charge in [-0.15, -0.1) is 4.37 Å². The van der Waals surface area contributed by atoms with E-state index in [1.54, 1.807) is 12.1 Å². The minimum Gasteiger partial charge on any atom is -0.473 e. The maximum Gasteiger partial charge on any atom is 0.245 e. The molecule has 8 heteroatoms. The van der Waals surface area contributed by atoms with E-state index in [4.69, 9.17) is 4.74 Å². The van der Waals surface area contributed by atoms with Gasteiger partial charge in [-0.3, -0.25) is 4.79 Å². The van der Waals surface area contributed by atoms with Crippen molar-refractivity contribution in [3.63, 3.8) is 0 Å². The highest BCUT2D eigenvalue weighted by molar-refractivity contribution is 6.99. The Bertz CT molecular complexity index is 559. The van der Waals surface area contributed by atoms with Crippen LogP contribution in [-0.2, 0) is 4.79 Å². The molecule has 7 nitrogen and oxygen atoms in total. The Morgan fingerprint density at radius 3 is 2.71 bits per heavy atom. The van der Waals surface area contributed by atoms with E-state index < -0.39 is 6.10 Å². The second-order valence-corrected chi connectivity index (χ2v) is 4.91. The number of nitrogens with zero attached hydrogens (tertiary/aromatic N) is 2. The maximum absolute atomic E-state index is 10.9. The summed E-state index contributed by atoms with van der Waals surface area (Å²) < 4.78 is 12.9. The fraction of sp³-hybridized carbons (Fsp3) is 0.308. The molecule has 3 N–H and O–H groups in total. The van der Waals surface area contributed by atoms with Crippen molar-refractivity contribution >= 4 is 29.0 Å². The Labute approximate surface area is 126 Å². The van der Waals surface area contributed by atoms with E-state index in [1.807, 2.05) is 12.1 Å². The highest BCUT2D eigenvalue weighted by atomic mass is 32.1. The van der Waals surface area contributed by atoms with Crippen LogP contribution in [0.25, 0.3) is 0 Å². The first-order chi connectivity index (χ1) is 10.1. The number of hydrogen-bond donors (Lipinski definition) is 3. The van der Waals surface area contributed by atoms with Crippen molar-refractivity contribution in [1.29, 1.82) is 0 Å². The van der Waals surface area contributed by atoms with Gasteiger partial charge in [0.25, 0.3) is 0 Å². The lowest BCUT2D eigenvalue weighted by Gasteiger charge is -2.13. The Morgan fingerprint density at radius 1 is 1.38 bits per heavy atom. The zero-order chi connectivity index (χ0) is 15.1. The van der Waals surface area contributed by atoms with Gasteiger partial charge in [-0.1, -0.05) is 0 Å². The highest BCUT2D eigenvalue weighted by Crippen LogP contribution is 2.13. The number of aliphatic hydroxyl groups is 1. The zero-order valence-corrected chi connectivity index (χ0v) is 12.3. The number of amides is 1. The molecule has 0 spiro atoms. The fourth-order valence-electron chi connectivity index (χ4n) is 1.57. The second-order valence-electron chi connectivity index (χ2n) is 4.35. The maximum atomic E-state index is 10.9. The van der Waals surface area contributed by atoms with Gasteiger partial charge in [0, 0.05) is 24.8 Å². The molecule has 0 aliphatic carbocycles. The first kappa shape index (κ1) is 15.2. The van der Waals surface area contributed by atoms with Crippen molar-refractivity contribution in [2.24, 2.45) is 0 Å². The summed E-state index contributed by atoms with van der Waals surface area (Å²) in [7, 11) is 0. The normalized spacial score (nSPS) is 11.7. The van der Waals surface area contributed by atoms with Crippen LogP contribution in [0.1, 0.15) is 6.92 Å². The van der Waals surface area contributed by atoms with E-state index in [1.165, 1.54) is 13.1 Å². The van der Waals surface area contributed by atoms with Crippen molar-refractivity contribution < 1.29 is 14.6 Å². The third kappa shape index (κ3) is 5.36. The number of anilines is 2. The van der Waals surface area contributed by atoms with Crippen molar-refractivity contribution in [2.75, 3.05) is 23.8 Å². The van der Waals surface area contributed by atoms with Crippen LogP contribution in [0.3, 0.4) is 0 Å². The summed E-state index contributed by atoms with van der Waals surface area (Å²) in [6.45, 7) is 1.94. The Balaban J connectivity index is 1.73. The molecule has 1 aromatic carbocycles. The van der Waals surface area contributed by atoms with Crippen LogP contribution in [0.2, 0.25) is 0 Å². The molecule has 1 aromatic heterocycles. The minimum absolute atomic E-state index is 0.111. The number of aliphatic hydroxyl groups excluding tert-OH is 1. The number of carbonyl (C=O) groups excluding carboxylic acids is 1. The van der Waals surface area contributed by atoms with Crippen LogP contribution in [0.4, 0.5) is 11.4 Å². The Hall–Kier alpha value is -2.19. The molecule has 0 bridgehead atoms. The molecule has 0 aliphatic heterocycles. The summed E-state index contributed by atoms with van der Waals surface area (Å²) in [6.07, 6.45) is 0.840. The molecule has 0 saturated heterocycles. The third-order valence-corrected chi connectivity index (χ3v) is 2.97. The van der Waals surface area contributed by atoms with Crippen LogP contribution in [-0.4, -0.2) is 39.0 Å². The SMILES string of the molecule is CC(=O)Nc1ccc(NCC(O)COc2cnsn2)cc1. The van der Waals surface area contributed by atoms with Crippen LogP contribution < -0.4 is 15.4 Å². The molecule has 112 valence electrons. The summed E-state index contributed by atoms with van der Waals surface area (Å²) in [6, 6.07) is 7.22. The van der Waals surface area contributed by atoms with E-state index >= 15 is 0 Å². The summed E-state index contributed by atoms with van der Waals surface area (Å²) in [5, 5.41) is 15.6. The smallest absolute Gasteiger partial charge is 0.245 e. The lowest BCUT2D eigenvalue weighted by atomic mass is 10.2. The van der Waals surface area contributed by atoms with Gasteiger partial charge < -0.3 is 20.5 Å². The molecule has 1 amide bonds. The molecule has 1 unspecified atom stereocenters. The summed E-state index contributed by atoms with van der Waals surface area (Å²) in [5.74, 6) is 0.304. The van der Waals surface area contributed by atoms with Crippen LogP contribution in [0, 0.1) is 0 Å². The third-order valence-electron chi connectivity index (χ3n) is 2.51. The Kier molecular flexibility index (Phi) is 5.47. The molecule has 0 fully saturated rings. The molecule has 2 rings (SSSR count). The number of carbonyl (C=O) groups is 1. The van der Waals surface area contributed by atoms with Gasteiger partial charge in [0.2, 0.25) is 11.8 Å². The summed E-state index contributed by atoms with van der Waals surface area (Å²) in [4.78, 5) is 10.9. The van der Waals surface area contributed by atoms with Crippen molar-refractivity contribution in [3.05, 3.63) is 30.5 Å². The number of nitrogens with one attached hydrogen (secondary N) is 2. The molecular weight excluding hydrogens is 292 g/mol. The largest absolute Gasteiger partial charge is 0.473 e. The van der Waals surface area contributed by atoms with Gasteiger partial charge in [-0.25, -0.2) is 0 Å². The predicted molar refractivity (Wildman–Crippen MR) is 80.6 cm³/mol. The zero-order valence-electron chi connectivity index (χ0n) is 11.4. The lowest BCUT2D eigenvalue weighted by molar-refractivity contribution is -0.114. The van der Waals surface area contributed by atoms with Gasteiger partial charge in [0.15, 0.2) is 0 Å². The first-order valence-electron chi connectivity index (χ1n) is 6.33. The topological polar surface area (TPSA) is 96.4 Å². The molecule has 2 aromatic rings. The van der Waals surface area contributed by atoms with E-state index in [0.717, 1.165) is 23.1 Å². The van der Waals surface area contributed by atoms with Crippen LogP contribution in [0.15, 0.2) is 30.5 Å². The summed E-state index contributed by atoms with van der Waals surface area (Å²) >= 11 is 1.05. The average Bonchev–Trinajstić information content (AvgIpc) is 2.97. The van der Waals surface area contributed by atoms with Gasteiger partial charge in [-0.05, 0) is 24.3 Å². The van der Waals surface area contributed by atoms with Crippen molar-refractivity contribution in [2.45, 2.75) is 13.0 Å². The number of aromatic nitrogens is 2. The quantitative estimate of drug-likeness (QED) is 0.714. The first-order valence-corrected chi connectivity index (χ1v) is 7.06. The lowest BCUT2D eigenvalue weighted by Crippen LogP contribution is -2.26. The number of ether oxygens (including phenoxy) is 1. The molecular formula is C13H16N4O3S. The van der Waals surface area contributed by atoms with Gasteiger partial charge in [0.05, 0.1) is 11.7 Å². The molecule has 1 atom stereocenters. The van der Waals surface area contributed by atoms with Crippen molar-refractivity contribution in [1.82, 2.24) is 8.75 Å². The monoisotopic (exact) mass is 308 g/mol. The minimum atomic E-state index is -0.665. The van der Waals surface area contributed by atoms with E-state index in [-0.39, 0.29) is 12.5 Å². The molecule has 0 saturated carbocycles. The number of hydrogen-bond acceptors (Lipinski definition) is 7. The van der Waals surface area contributed by atoms with Crippen LogP contribution in [0.5, 0.6) is 5.88 Å². The van der Waals surface area contributed by atoms with Crippen molar-refractivity contribution in [3.8, 4) is 5.88 Å². The van der Waals surface area contributed by atoms with Gasteiger partial charge >= 0.3 is 0 Å². The second kappa shape index (κ2) is 7.55. The molecule has 0 aliphatic rings. The van der Waals surface area contributed by atoms with E-state index in [0.29, 0.717) is 12.4 Å². The molecule has 21 heavy (non-hydrogen) atoms. The predicted octanol–water partition coefficient (Wildman–Crippen LogP) is 1.35. The van der Waals surface area contributed by atoms with E-state index in [2.05, 4.69) is 19.4 Å². The number of benzene rings is 1. The fourth-order valence-corrected chi connectivity index (χ4v) is 1.94. The Morgan fingerprint density at radius 2 is 2.10 bits per heavy atom. The highest BCUT2D eigenvalue weighted by Gasteiger charge is 2.06.